The lowest BCUT2D eigenvalue weighted by molar-refractivity contribution is -0.141. The summed E-state index contributed by atoms with van der Waals surface area (Å²) in [4.78, 5) is 60.1. The van der Waals surface area contributed by atoms with Crippen LogP contribution in [0.5, 0.6) is 0 Å². The van der Waals surface area contributed by atoms with Crippen molar-refractivity contribution < 1.29 is 19.5 Å². The summed E-state index contributed by atoms with van der Waals surface area (Å²) in [6, 6.07) is 12.4. The molecule has 1 unspecified atom stereocenters. The van der Waals surface area contributed by atoms with Crippen LogP contribution in [0.4, 0.5) is 11.4 Å². The second-order valence-electron chi connectivity index (χ2n) is 12.7. The Hall–Kier alpha value is -4.78. The van der Waals surface area contributed by atoms with Crippen LogP contribution in [-0.2, 0) is 38.4 Å². The van der Waals surface area contributed by atoms with E-state index in [2.05, 4.69) is 20.5 Å². The second-order valence-corrected chi connectivity index (χ2v) is 13.0. The Balaban J connectivity index is 1.22. The Morgan fingerprint density at radius 1 is 1.00 bits per heavy atom. The van der Waals surface area contributed by atoms with Crippen molar-refractivity contribution in [2.45, 2.75) is 32.9 Å². The van der Waals surface area contributed by atoms with Crippen molar-refractivity contribution in [3.8, 4) is 11.1 Å². The summed E-state index contributed by atoms with van der Waals surface area (Å²) in [5, 5.41) is 15.5. The summed E-state index contributed by atoms with van der Waals surface area (Å²) in [5.41, 5.74) is 5.29. The number of aliphatic carboxylic acids is 1. The van der Waals surface area contributed by atoms with Gasteiger partial charge in [-0.05, 0) is 61.8 Å². The van der Waals surface area contributed by atoms with Crippen LogP contribution in [0.3, 0.4) is 0 Å². The summed E-state index contributed by atoms with van der Waals surface area (Å²) in [6.45, 7) is 4.91. The highest BCUT2D eigenvalue weighted by Gasteiger charge is 2.29. The molecule has 2 aromatic heterocycles. The van der Waals surface area contributed by atoms with Gasteiger partial charge in [0.05, 0.1) is 22.3 Å². The lowest BCUT2D eigenvalue weighted by Gasteiger charge is -2.21. The molecule has 1 atom stereocenters. The number of halogens is 1. The molecule has 4 heterocycles. The molecule has 48 heavy (non-hydrogen) atoms. The number of imidazole rings is 1. The zero-order valence-corrected chi connectivity index (χ0v) is 28.1. The quantitative estimate of drug-likeness (QED) is 0.254. The van der Waals surface area contributed by atoms with E-state index in [0.717, 1.165) is 41.0 Å². The number of nitrogens with one attached hydrogen (secondary N) is 2. The molecule has 0 radical (unpaired) electrons. The molecule has 0 spiro atoms. The number of rotatable bonds is 8. The first-order chi connectivity index (χ1) is 22.9. The fourth-order valence-corrected chi connectivity index (χ4v) is 6.87. The first kappa shape index (κ1) is 33.1. The number of carbonyl (C=O) groups excluding carboxylic acids is 2. The number of carboxylic acid groups (broad SMARTS) is 1. The van der Waals surface area contributed by atoms with Gasteiger partial charge in [-0.25, -0.2) is 4.98 Å². The number of likely N-dealkylation sites (tertiary alicyclic amines) is 1. The zero-order chi connectivity index (χ0) is 34.3. The second kappa shape index (κ2) is 13.4. The van der Waals surface area contributed by atoms with E-state index in [0.29, 0.717) is 60.4 Å². The molecule has 0 aliphatic carbocycles. The molecule has 2 aliphatic rings. The van der Waals surface area contributed by atoms with Crippen molar-refractivity contribution in [2.24, 2.45) is 20.0 Å². The minimum atomic E-state index is -0.816. The van der Waals surface area contributed by atoms with Crippen molar-refractivity contribution in [2.75, 3.05) is 37.3 Å². The number of nitrogens with zero attached hydrogens (tertiary/aromatic N) is 5. The highest BCUT2D eigenvalue weighted by atomic mass is 35.5. The highest BCUT2D eigenvalue weighted by molar-refractivity contribution is 6.36. The summed E-state index contributed by atoms with van der Waals surface area (Å²) < 4.78 is 3.21. The lowest BCUT2D eigenvalue weighted by atomic mass is 9.98. The molecule has 0 saturated carbocycles. The number of likely N-dealkylation sites (N-methyl/N-ethyl adjacent to an activating group) is 1. The Kier molecular flexibility index (Phi) is 9.24. The fourth-order valence-electron chi connectivity index (χ4n) is 6.60. The molecule has 12 nitrogen and oxygen atoms in total. The third-order valence-electron chi connectivity index (χ3n) is 9.28. The summed E-state index contributed by atoms with van der Waals surface area (Å²) in [7, 11) is 5.47. The number of fused-ring (bicyclic) bond motifs is 1. The van der Waals surface area contributed by atoms with E-state index in [1.807, 2.05) is 42.6 Å². The van der Waals surface area contributed by atoms with Crippen molar-refractivity contribution in [3.05, 3.63) is 97.9 Å². The minimum Gasteiger partial charge on any atom is -0.481 e. The number of benzene rings is 2. The Morgan fingerprint density at radius 3 is 2.44 bits per heavy atom. The SMILES string of the molecule is Cc1c(NC(=O)c2cc(CN3CCC(C(=O)O)C3)cn(C)c2=O)cccc1-c1cccc(NC(=O)c2nc3c(n2C)CCN(C)C3)c1Cl. The lowest BCUT2D eigenvalue weighted by Crippen LogP contribution is -2.29. The van der Waals surface area contributed by atoms with Crippen LogP contribution in [0.2, 0.25) is 5.02 Å². The van der Waals surface area contributed by atoms with Gasteiger partial charge in [-0.15, -0.1) is 0 Å². The molecule has 3 N–H and O–H groups in total. The monoisotopic (exact) mass is 671 g/mol. The maximum absolute atomic E-state index is 13.5. The molecule has 0 bridgehead atoms. The van der Waals surface area contributed by atoms with Crippen LogP contribution in [-0.4, -0.2) is 73.5 Å². The van der Waals surface area contributed by atoms with Crippen molar-refractivity contribution in [3.63, 3.8) is 0 Å². The van der Waals surface area contributed by atoms with Gasteiger partial charge in [-0.2, -0.15) is 0 Å². The molecule has 4 aromatic rings. The predicted octanol–water partition coefficient (Wildman–Crippen LogP) is 4.15. The van der Waals surface area contributed by atoms with Crippen molar-refractivity contribution in [1.82, 2.24) is 23.9 Å². The Morgan fingerprint density at radius 2 is 1.71 bits per heavy atom. The van der Waals surface area contributed by atoms with Gasteiger partial charge in [0, 0.05) is 69.8 Å². The summed E-state index contributed by atoms with van der Waals surface area (Å²) >= 11 is 6.90. The molecular weight excluding hydrogens is 634 g/mol. The summed E-state index contributed by atoms with van der Waals surface area (Å²) in [5.74, 6) is -1.84. The molecule has 2 amide bonds. The van der Waals surface area contributed by atoms with E-state index in [1.54, 1.807) is 43.6 Å². The summed E-state index contributed by atoms with van der Waals surface area (Å²) in [6.07, 6.45) is 3.05. The number of aryl methyl sites for hydroxylation is 1. The molecule has 6 rings (SSSR count). The normalized spacial score (nSPS) is 16.5. The number of aromatic nitrogens is 3. The zero-order valence-electron chi connectivity index (χ0n) is 27.3. The average Bonchev–Trinajstić information content (AvgIpc) is 3.65. The van der Waals surface area contributed by atoms with Crippen LogP contribution in [0.15, 0.2) is 53.5 Å². The maximum Gasteiger partial charge on any atom is 0.307 e. The van der Waals surface area contributed by atoms with Crippen molar-refractivity contribution >= 4 is 40.8 Å². The number of hydrogen-bond donors (Lipinski definition) is 3. The first-order valence-corrected chi connectivity index (χ1v) is 16.2. The maximum atomic E-state index is 13.5. The van der Waals surface area contributed by atoms with E-state index in [4.69, 9.17) is 11.6 Å². The number of amides is 2. The van der Waals surface area contributed by atoms with Crippen molar-refractivity contribution in [1.29, 1.82) is 0 Å². The van der Waals surface area contributed by atoms with Gasteiger partial charge in [-0.3, -0.25) is 24.1 Å². The number of anilines is 2. The molecule has 250 valence electrons. The number of carboxylic acids is 1. The van der Waals surface area contributed by atoms with Crippen LogP contribution in [0.25, 0.3) is 11.1 Å². The predicted molar refractivity (Wildman–Crippen MR) is 183 cm³/mol. The minimum absolute atomic E-state index is 0.0147. The number of carbonyl (C=O) groups is 3. The topological polar surface area (TPSA) is 142 Å². The highest BCUT2D eigenvalue weighted by Crippen LogP contribution is 2.37. The number of hydrogen-bond acceptors (Lipinski definition) is 7. The van der Waals surface area contributed by atoms with Gasteiger partial charge in [0.1, 0.15) is 5.56 Å². The standard InChI is InChI=1S/C35H38ClN7O5/c1-20-23(24-8-6-10-27(30(24)36)39-33(45)31-37-28-19-40(2)13-12-29(28)42(31)4)7-5-9-26(20)38-32(44)25-15-21(16-41(3)34(25)46)17-43-14-11-22(18-43)35(47)48/h5-10,15-16,22H,11-14,17-19H2,1-4H3,(H,38,44)(H,39,45)(H,47,48). The molecule has 13 heteroatoms. The molecule has 2 aromatic carbocycles. The van der Waals surface area contributed by atoms with E-state index < -0.39 is 23.4 Å². The fraction of sp³-hybridized carbons (Fsp3) is 0.343. The van der Waals surface area contributed by atoms with Crippen LogP contribution in [0.1, 0.15) is 49.9 Å². The van der Waals surface area contributed by atoms with Crippen LogP contribution in [0, 0.1) is 12.8 Å². The molecule has 2 aliphatic heterocycles. The van der Waals surface area contributed by atoms with E-state index in [1.165, 1.54) is 4.57 Å². The van der Waals surface area contributed by atoms with Gasteiger partial charge < -0.3 is 29.8 Å². The van der Waals surface area contributed by atoms with Gasteiger partial charge in [0.2, 0.25) is 0 Å². The number of pyridine rings is 1. The molecule has 1 saturated heterocycles. The third-order valence-corrected chi connectivity index (χ3v) is 9.69. The van der Waals surface area contributed by atoms with Gasteiger partial charge in [0.15, 0.2) is 5.82 Å². The first-order valence-electron chi connectivity index (χ1n) is 15.8. The van der Waals surface area contributed by atoms with E-state index in [9.17, 15) is 24.3 Å². The Labute approximate surface area is 282 Å². The van der Waals surface area contributed by atoms with E-state index >= 15 is 0 Å². The molecular formula is C35H38ClN7O5. The smallest absolute Gasteiger partial charge is 0.307 e. The molecule has 1 fully saturated rings. The largest absolute Gasteiger partial charge is 0.481 e. The third kappa shape index (κ3) is 6.51. The van der Waals surface area contributed by atoms with Gasteiger partial charge in [0.25, 0.3) is 17.4 Å². The Bertz CT molecular complexity index is 2000. The van der Waals surface area contributed by atoms with Crippen LogP contribution >= 0.6 is 11.6 Å². The van der Waals surface area contributed by atoms with Gasteiger partial charge in [-0.1, -0.05) is 35.9 Å². The van der Waals surface area contributed by atoms with Crippen LogP contribution < -0.4 is 16.2 Å². The van der Waals surface area contributed by atoms with Gasteiger partial charge >= 0.3 is 5.97 Å². The van der Waals surface area contributed by atoms with E-state index in [-0.39, 0.29) is 11.5 Å². The average molecular weight is 672 g/mol.